The van der Waals surface area contributed by atoms with Crippen molar-refractivity contribution in [2.45, 2.75) is 73.1 Å². The SMILES string of the molecule is COc1ccc(CC/C=C(\C)CC/C(C)=C(\C)CCC(C)C=O)c(C)c1OC. The van der Waals surface area contributed by atoms with E-state index in [0.29, 0.717) is 0 Å². The van der Waals surface area contributed by atoms with Crippen molar-refractivity contribution in [1.29, 1.82) is 0 Å². The minimum absolute atomic E-state index is 0.157. The zero-order valence-corrected chi connectivity index (χ0v) is 18.9. The molecule has 0 radical (unpaired) electrons. The lowest BCUT2D eigenvalue weighted by Crippen LogP contribution is -1.97. The summed E-state index contributed by atoms with van der Waals surface area (Å²) in [5.41, 5.74) is 6.79. The smallest absolute Gasteiger partial charge is 0.163 e. The Morgan fingerprint density at radius 3 is 2.32 bits per heavy atom. The van der Waals surface area contributed by atoms with Gasteiger partial charge in [-0.3, -0.25) is 0 Å². The summed E-state index contributed by atoms with van der Waals surface area (Å²) in [6.07, 6.45) is 9.60. The minimum atomic E-state index is 0.157. The molecule has 1 rings (SSSR count). The average molecular weight is 387 g/mol. The fourth-order valence-electron chi connectivity index (χ4n) is 3.29. The molecular weight excluding hydrogens is 348 g/mol. The number of hydrogen-bond donors (Lipinski definition) is 0. The molecule has 0 aliphatic rings. The van der Waals surface area contributed by atoms with Crippen molar-refractivity contribution >= 4 is 6.29 Å². The van der Waals surface area contributed by atoms with Crippen molar-refractivity contribution in [1.82, 2.24) is 0 Å². The molecule has 0 aliphatic carbocycles. The Balaban J connectivity index is 2.56. The summed E-state index contributed by atoms with van der Waals surface area (Å²) >= 11 is 0. The molecule has 1 aromatic rings. The molecule has 0 heterocycles. The molecule has 1 unspecified atom stereocenters. The van der Waals surface area contributed by atoms with Crippen LogP contribution in [0.1, 0.15) is 70.9 Å². The van der Waals surface area contributed by atoms with E-state index in [-0.39, 0.29) is 5.92 Å². The van der Waals surface area contributed by atoms with E-state index in [2.05, 4.69) is 39.8 Å². The molecule has 28 heavy (non-hydrogen) atoms. The standard InChI is InChI=1S/C25H38O3/c1-18(11-13-20(3)21(4)14-12-19(2)17-26)9-8-10-23-15-16-24(27-6)25(28-7)22(23)5/h9,15-17,19H,8,10-14H2,1-7H3/b18-9+,21-20+. The molecule has 0 aliphatic heterocycles. The predicted octanol–water partition coefficient (Wildman–Crippen LogP) is 6.62. The van der Waals surface area contributed by atoms with Crippen LogP contribution in [0.2, 0.25) is 0 Å². The first kappa shape index (κ1) is 24.0. The number of carbonyl (C=O) groups is 1. The summed E-state index contributed by atoms with van der Waals surface area (Å²) in [6.45, 7) is 10.7. The first-order valence-electron chi connectivity index (χ1n) is 10.3. The third-order valence-electron chi connectivity index (χ3n) is 5.64. The number of hydrogen-bond acceptors (Lipinski definition) is 3. The summed E-state index contributed by atoms with van der Waals surface area (Å²) in [5.74, 6) is 1.78. The number of carbonyl (C=O) groups excluding carboxylic acids is 1. The van der Waals surface area contributed by atoms with Gasteiger partial charge >= 0.3 is 0 Å². The first-order chi connectivity index (χ1) is 13.3. The molecule has 0 amide bonds. The normalized spacial score (nSPS) is 13.8. The van der Waals surface area contributed by atoms with Crippen LogP contribution < -0.4 is 9.47 Å². The topological polar surface area (TPSA) is 35.5 Å². The molecular formula is C25H38O3. The fourth-order valence-corrected chi connectivity index (χ4v) is 3.29. The highest BCUT2D eigenvalue weighted by Crippen LogP contribution is 2.33. The molecule has 0 N–H and O–H groups in total. The Morgan fingerprint density at radius 2 is 1.71 bits per heavy atom. The second-order valence-corrected chi connectivity index (χ2v) is 7.89. The van der Waals surface area contributed by atoms with E-state index in [0.717, 1.165) is 61.9 Å². The van der Waals surface area contributed by atoms with Crippen molar-refractivity contribution in [2.75, 3.05) is 14.2 Å². The van der Waals surface area contributed by atoms with E-state index in [1.165, 1.54) is 22.3 Å². The Labute approximate surface area is 171 Å². The maximum Gasteiger partial charge on any atom is 0.163 e. The van der Waals surface area contributed by atoms with Crippen LogP contribution in [0.5, 0.6) is 11.5 Å². The molecule has 0 saturated heterocycles. The molecule has 0 saturated carbocycles. The van der Waals surface area contributed by atoms with Crippen LogP contribution in [0, 0.1) is 12.8 Å². The van der Waals surface area contributed by atoms with Crippen LogP contribution in [-0.2, 0) is 11.2 Å². The summed E-state index contributed by atoms with van der Waals surface area (Å²) in [7, 11) is 3.36. The number of rotatable bonds is 12. The highest BCUT2D eigenvalue weighted by molar-refractivity contribution is 5.52. The lowest BCUT2D eigenvalue weighted by Gasteiger charge is -2.14. The van der Waals surface area contributed by atoms with Crippen LogP contribution >= 0.6 is 0 Å². The van der Waals surface area contributed by atoms with Gasteiger partial charge in [-0.2, -0.15) is 0 Å². The second-order valence-electron chi connectivity index (χ2n) is 7.89. The molecule has 0 aromatic heterocycles. The van der Waals surface area contributed by atoms with Crippen molar-refractivity contribution in [3.8, 4) is 11.5 Å². The number of allylic oxidation sites excluding steroid dienone is 4. The molecule has 3 nitrogen and oxygen atoms in total. The van der Waals surface area contributed by atoms with E-state index in [1.807, 2.05) is 13.0 Å². The lowest BCUT2D eigenvalue weighted by molar-refractivity contribution is -0.110. The lowest BCUT2D eigenvalue weighted by atomic mass is 9.96. The van der Waals surface area contributed by atoms with Gasteiger partial charge in [-0.25, -0.2) is 0 Å². The highest BCUT2D eigenvalue weighted by Gasteiger charge is 2.10. The Kier molecular flexibility index (Phi) is 10.7. The molecule has 156 valence electrons. The summed E-state index contributed by atoms with van der Waals surface area (Å²) in [5, 5.41) is 0. The second kappa shape index (κ2) is 12.4. The van der Waals surface area contributed by atoms with Gasteiger partial charge in [0.15, 0.2) is 11.5 Å². The van der Waals surface area contributed by atoms with Crippen LogP contribution in [0.4, 0.5) is 0 Å². The van der Waals surface area contributed by atoms with Gasteiger partial charge in [0, 0.05) is 5.92 Å². The highest BCUT2D eigenvalue weighted by atomic mass is 16.5. The van der Waals surface area contributed by atoms with Crippen LogP contribution in [0.3, 0.4) is 0 Å². The van der Waals surface area contributed by atoms with Crippen molar-refractivity contribution in [3.05, 3.63) is 46.1 Å². The van der Waals surface area contributed by atoms with E-state index < -0.39 is 0 Å². The fraction of sp³-hybridized carbons (Fsp3) is 0.560. The number of aryl methyl sites for hydroxylation is 1. The maximum atomic E-state index is 10.8. The van der Waals surface area contributed by atoms with Crippen molar-refractivity contribution in [2.24, 2.45) is 5.92 Å². The predicted molar refractivity (Wildman–Crippen MR) is 118 cm³/mol. The van der Waals surface area contributed by atoms with Gasteiger partial charge in [0.1, 0.15) is 6.29 Å². The van der Waals surface area contributed by atoms with E-state index >= 15 is 0 Å². The molecule has 1 aromatic carbocycles. The zero-order chi connectivity index (χ0) is 21.1. The average Bonchev–Trinajstić information content (AvgIpc) is 2.70. The summed E-state index contributed by atoms with van der Waals surface area (Å²) < 4.78 is 10.9. The first-order valence-corrected chi connectivity index (χ1v) is 10.3. The van der Waals surface area contributed by atoms with Gasteiger partial charge in [-0.1, -0.05) is 35.8 Å². The number of ether oxygens (including phenoxy) is 2. The third-order valence-corrected chi connectivity index (χ3v) is 5.64. The van der Waals surface area contributed by atoms with Crippen LogP contribution in [0.25, 0.3) is 0 Å². The number of benzene rings is 1. The van der Waals surface area contributed by atoms with E-state index in [9.17, 15) is 4.79 Å². The van der Waals surface area contributed by atoms with Crippen molar-refractivity contribution in [3.63, 3.8) is 0 Å². The van der Waals surface area contributed by atoms with Gasteiger partial charge in [-0.15, -0.1) is 0 Å². The molecule has 3 heteroatoms. The quantitative estimate of drug-likeness (QED) is 0.299. The number of aldehydes is 1. The van der Waals surface area contributed by atoms with Gasteiger partial charge in [0.25, 0.3) is 0 Å². The van der Waals surface area contributed by atoms with Gasteiger partial charge in [-0.05, 0) is 83.4 Å². The minimum Gasteiger partial charge on any atom is -0.493 e. The number of methoxy groups -OCH3 is 2. The maximum absolute atomic E-state index is 10.8. The van der Waals surface area contributed by atoms with Crippen molar-refractivity contribution < 1.29 is 14.3 Å². The summed E-state index contributed by atoms with van der Waals surface area (Å²) in [4.78, 5) is 10.8. The molecule has 1 atom stereocenters. The Bertz CT molecular complexity index is 698. The van der Waals surface area contributed by atoms with Crippen LogP contribution in [-0.4, -0.2) is 20.5 Å². The monoisotopic (exact) mass is 386 g/mol. The zero-order valence-electron chi connectivity index (χ0n) is 18.9. The van der Waals surface area contributed by atoms with E-state index in [1.54, 1.807) is 14.2 Å². The van der Waals surface area contributed by atoms with Gasteiger partial charge in [0.2, 0.25) is 0 Å². The van der Waals surface area contributed by atoms with E-state index in [4.69, 9.17) is 9.47 Å². The van der Waals surface area contributed by atoms with Gasteiger partial charge in [0.05, 0.1) is 14.2 Å². The Morgan fingerprint density at radius 1 is 1.04 bits per heavy atom. The summed E-state index contributed by atoms with van der Waals surface area (Å²) in [6, 6.07) is 4.12. The molecule has 0 fully saturated rings. The molecule has 0 bridgehead atoms. The van der Waals surface area contributed by atoms with Crippen LogP contribution in [0.15, 0.2) is 34.9 Å². The largest absolute Gasteiger partial charge is 0.493 e. The Hall–Kier alpha value is -2.03. The molecule has 0 spiro atoms. The third kappa shape index (κ3) is 7.53. The van der Waals surface area contributed by atoms with Gasteiger partial charge < -0.3 is 14.3 Å².